The number of aromatic nitrogens is 6. The maximum atomic E-state index is 5.57. The molecule has 5 rings (SSSR count). The van der Waals surface area contributed by atoms with E-state index in [1.165, 1.54) is 0 Å². The normalized spacial score (nSPS) is 15.7. The first-order chi connectivity index (χ1) is 13.1. The molecule has 0 unspecified atom stereocenters. The summed E-state index contributed by atoms with van der Waals surface area (Å²) in [5.41, 5.74) is 1.65. The molecule has 3 aromatic heterocycles. The van der Waals surface area contributed by atoms with Crippen molar-refractivity contribution in [2.75, 3.05) is 5.32 Å². The van der Waals surface area contributed by atoms with E-state index in [2.05, 4.69) is 39.4 Å². The molecule has 3 heterocycles. The highest BCUT2D eigenvalue weighted by atomic mass is 16.5. The Kier molecular flexibility index (Phi) is 3.60. The lowest BCUT2D eigenvalue weighted by atomic mass is 10.0. The van der Waals surface area contributed by atoms with E-state index in [-0.39, 0.29) is 12.0 Å². The van der Waals surface area contributed by atoms with Crippen molar-refractivity contribution in [3.63, 3.8) is 0 Å². The highest BCUT2D eigenvalue weighted by Crippen LogP contribution is 2.39. The molecule has 1 saturated carbocycles. The van der Waals surface area contributed by atoms with Crippen molar-refractivity contribution in [2.24, 2.45) is 5.92 Å². The highest BCUT2D eigenvalue weighted by molar-refractivity contribution is 5.92. The number of nitrogens with one attached hydrogen (secondary N) is 1. The van der Waals surface area contributed by atoms with Gasteiger partial charge < -0.3 is 9.84 Å². The molecule has 138 valence electrons. The summed E-state index contributed by atoms with van der Waals surface area (Å²) in [5, 5.41) is 13.1. The number of para-hydroxylation sites is 1. The predicted octanol–water partition coefficient (Wildman–Crippen LogP) is 3.66. The van der Waals surface area contributed by atoms with Gasteiger partial charge in [-0.1, -0.05) is 31.1 Å². The zero-order valence-electron chi connectivity index (χ0n) is 15.5. The van der Waals surface area contributed by atoms with Crippen molar-refractivity contribution >= 4 is 22.5 Å². The standard InChI is InChI=1S/C19H21N7O/c1-10(2)15(18-23-16(25-27-18)12-8-9-12)22-19-21-14-7-5-4-6-13(14)17-20-11(3)24-26(17)19/h4-7,10,12,15H,8-9H2,1-3H3,(H,21,22)/t15-/m1/s1. The Balaban J connectivity index is 1.59. The molecule has 8 heteroatoms. The summed E-state index contributed by atoms with van der Waals surface area (Å²) in [4.78, 5) is 14.0. The van der Waals surface area contributed by atoms with Crippen LogP contribution in [0.1, 0.15) is 56.2 Å². The molecule has 0 bridgehead atoms. The molecule has 1 N–H and O–H groups in total. The fraction of sp³-hybridized carbons (Fsp3) is 0.421. The minimum atomic E-state index is -0.161. The Morgan fingerprint density at radius 1 is 1.15 bits per heavy atom. The zero-order valence-corrected chi connectivity index (χ0v) is 15.5. The fourth-order valence-electron chi connectivity index (χ4n) is 3.29. The van der Waals surface area contributed by atoms with E-state index in [0.717, 1.165) is 35.2 Å². The fourth-order valence-corrected chi connectivity index (χ4v) is 3.29. The number of fused-ring (bicyclic) bond motifs is 3. The zero-order chi connectivity index (χ0) is 18.5. The van der Waals surface area contributed by atoms with E-state index in [1.807, 2.05) is 31.2 Å². The van der Waals surface area contributed by atoms with E-state index in [9.17, 15) is 0 Å². The van der Waals surface area contributed by atoms with Gasteiger partial charge in [0.05, 0.1) is 5.52 Å². The van der Waals surface area contributed by atoms with Crippen molar-refractivity contribution in [1.29, 1.82) is 0 Å². The molecule has 8 nitrogen and oxygen atoms in total. The van der Waals surface area contributed by atoms with Gasteiger partial charge in [0.2, 0.25) is 11.8 Å². The maximum Gasteiger partial charge on any atom is 0.249 e. The van der Waals surface area contributed by atoms with Crippen molar-refractivity contribution < 1.29 is 4.52 Å². The van der Waals surface area contributed by atoms with Gasteiger partial charge in [-0.3, -0.25) is 0 Å². The number of anilines is 1. The van der Waals surface area contributed by atoms with Crippen LogP contribution in [0.3, 0.4) is 0 Å². The summed E-state index contributed by atoms with van der Waals surface area (Å²) in [6, 6.07) is 7.78. The smallest absolute Gasteiger partial charge is 0.249 e. The lowest BCUT2D eigenvalue weighted by molar-refractivity contribution is 0.332. The largest absolute Gasteiger partial charge is 0.342 e. The second-order valence-electron chi connectivity index (χ2n) is 7.48. The van der Waals surface area contributed by atoms with Gasteiger partial charge in [0, 0.05) is 11.3 Å². The third-order valence-electron chi connectivity index (χ3n) is 4.90. The molecule has 1 atom stereocenters. The van der Waals surface area contributed by atoms with E-state index in [1.54, 1.807) is 4.52 Å². The molecular formula is C19H21N7O. The van der Waals surface area contributed by atoms with E-state index in [4.69, 9.17) is 9.51 Å². The molecule has 1 aromatic carbocycles. The van der Waals surface area contributed by atoms with Crippen LogP contribution in [0, 0.1) is 12.8 Å². The summed E-state index contributed by atoms with van der Waals surface area (Å²) < 4.78 is 7.32. The number of hydrogen-bond donors (Lipinski definition) is 1. The Bertz CT molecular complexity index is 1130. The SMILES string of the molecule is Cc1nc2c3ccccc3nc(N[C@@H](c3nc(C4CC4)no3)C(C)C)n2n1. The lowest BCUT2D eigenvalue weighted by Crippen LogP contribution is -2.20. The lowest BCUT2D eigenvalue weighted by Gasteiger charge is -2.19. The van der Waals surface area contributed by atoms with Crippen LogP contribution < -0.4 is 5.32 Å². The van der Waals surface area contributed by atoms with Crippen molar-refractivity contribution in [3.8, 4) is 0 Å². The average Bonchev–Trinajstić information content (AvgIpc) is 3.25. The van der Waals surface area contributed by atoms with Crippen LogP contribution in [0.5, 0.6) is 0 Å². The van der Waals surface area contributed by atoms with Crippen molar-refractivity contribution in [2.45, 2.75) is 45.6 Å². The minimum absolute atomic E-state index is 0.161. The second-order valence-corrected chi connectivity index (χ2v) is 7.48. The number of hydrogen-bond acceptors (Lipinski definition) is 7. The number of aryl methyl sites for hydroxylation is 1. The third-order valence-corrected chi connectivity index (χ3v) is 4.90. The van der Waals surface area contributed by atoms with Gasteiger partial charge in [0.1, 0.15) is 11.9 Å². The Hall–Kier alpha value is -3.03. The Labute approximate surface area is 156 Å². The number of benzene rings is 1. The van der Waals surface area contributed by atoms with Gasteiger partial charge in [-0.25, -0.2) is 9.97 Å². The molecule has 4 aromatic rings. The summed E-state index contributed by atoms with van der Waals surface area (Å²) >= 11 is 0. The Morgan fingerprint density at radius 2 is 1.96 bits per heavy atom. The summed E-state index contributed by atoms with van der Waals surface area (Å²) in [6.07, 6.45) is 2.29. The van der Waals surface area contributed by atoms with Gasteiger partial charge in [0.25, 0.3) is 0 Å². The first kappa shape index (κ1) is 16.2. The van der Waals surface area contributed by atoms with Crippen LogP contribution in [-0.2, 0) is 0 Å². The van der Waals surface area contributed by atoms with Crippen LogP contribution >= 0.6 is 0 Å². The van der Waals surface area contributed by atoms with E-state index >= 15 is 0 Å². The van der Waals surface area contributed by atoms with Crippen LogP contribution in [0.15, 0.2) is 28.8 Å². The molecule has 0 saturated heterocycles. The topological polar surface area (TPSA) is 94.0 Å². The van der Waals surface area contributed by atoms with Crippen LogP contribution in [0.2, 0.25) is 0 Å². The third kappa shape index (κ3) is 2.81. The van der Waals surface area contributed by atoms with Crippen molar-refractivity contribution in [1.82, 2.24) is 29.7 Å². The monoisotopic (exact) mass is 363 g/mol. The number of nitrogens with zero attached hydrogens (tertiary/aromatic N) is 6. The second kappa shape index (κ2) is 6.00. The summed E-state index contributed by atoms with van der Waals surface area (Å²) in [6.45, 7) is 6.11. The van der Waals surface area contributed by atoms with Gasteiger partial charge in [0.15, 0.2) is 11.5 Å². The molecule has 1 fully saturated rings. The summed E-state index contributed by atoms with van der Waals surface area (Å²) in [5.74, 6) is 3.40. The maximum absolute atomic E-state index is 5.57. The molecule has 0 radical (unpaired) electrons. The van der Waals surface area contributed by atoms with E-state index in [0.29, 0.717) is 23.6 Å². The van der Waals surface area contributed by atoms with Gasteiger partial charge in [-0.15, -0.1) is 5.10 Å². The highest BCUT2D eigenvalue weighted by Gasteiger charge is 2.31. The predicted molar refractivity (Wildman–Crippen MR) is 100 cm³/mol. The first-order valence-electron chi connectivity index (χ1n) is 9.32. The van der Waals surface area contributed by atoms with Crippen LogP contribution in [0.25, 0.3) is 16.6 Å². The molecule has 0 amide bonds. The van der Waals surface area contributed by atoms with E-state index < -0.39 is 0 Å². The Morgan fingerprint density at radius 3 is 2.74 bits per heavy atom. The first-order valence-corrected chi connectivity index (χ1v) is 9.32. The van der Waals surface area contributed by atoms with Gasteiger partial charge >= 0.3 is 0 Å². The molecule has 1 aliphatic carbocycles. The number of rotatable bonds is 5. The average molecular weight is 363 g/mol. The quantitative estimate of drug-likeness (QED) is 0.578. The molecule has 27 heavy (non-hydrogen) atoms. The molecule has 0 spiro atoms. The van der Waals surface area contributed by atoms with Crippen molar-refractivity contribution in [3.05, 3.63) is 41.8 Å². The molecular weight excluding hydrogens is 342 g/mol. The summed E-state index contributed by atoms with van der Waals surface area (Å²) in [7, 11) is 0. The molecule has 0 aliphatic heterocycles. The minimum Gasteiger partial charge on any atom is -0.342 e. The molecule has 1 aliphatic rings. The van der Waals surface area contributed by atoms with Gasteiger partial charge in [-0.05, 0) is 37.8 Å². The van der Waals surface area contributed by atoms with Crippen LogP contribution in [0.4, 0.5) is 5.95 Å². The van der Waals surface area contributed by atoms with Gasteiger partial charge in [-0.2, -0.15) is 9.50 Å². The van der Waals surface area contributed by atoms with Crippen LogP contribution in [-0.4, -0.2) is 29.7 Å².